The van der Waals surface area contributed by atoms with Gasteiger partial charge in [0.2, 0.25) is 5.91 Å². The Morgan fingerprint density at radius 2 is 2.05 bits per heavy atom. The fourth-order valence-electron chi connectivity index (χ4n) is 2.66. The summed E-state index contributed by atoms with van der Waals surface area (Å²) < 4.78 is 13.7. The van der Waals surface area contributed by atoms with Crippen molar-refractivity contribution < 1.29 is 19.1 Å². The molecule has 5 heteroatoms. The average molecular weight is 279 g/mol. The molecule has 2 atom stereocenters. The van der Waals surface area contributed by atoms with Crippen molar-refractivity contribution in [3.63, 3.8) is 0 Å². The number of nitrogens with zero attached hydrogens (tertiary/aromatic N) is 1. The van der Waals surface area contributed by atoms with E-state index in [9.17, 15) is 19.1 Å². The van der Waals surface area contributed by atoms with E-state index in [1.165, 1.54) is 11.0 Å². The van der Waals surface area contributed by atoms with Crippen molar-refractivity contribution in [1.82, 2.24) is 4.90 Å². The predicted octanol–water partition coefficient (Wildman–Crippen LogP) is 2.39. The third kappa shape index (κ3) is 2.81. The summed E-state index contributed by atoms with van der Waals surface area (Å²) in [5, 5.41) is 9.20. The minimum atomic E-state index is -0.987. The third-order valence-electron chi connectivity index (χ3n) is 3.81. The molecule has 1 aromatic rings. The Bertz CT molecular complexity index is 518. The van der Waals surface area contributed by atoms with Crippen LogP contribution in [0.2, 0.25) is 0 Å². The van der Waals surface area contributed by atoms with Gasteiger partial charge < -0.3 is 10.0 Å². The smallest absolute Gasteiger partial charge is 0.326 e. The van der Waals surface area contributed by atoms with E-state index in [0.717, 1.165) is 12.8 Å². The first-order valence-electron chi connectivity index (χ1n) is 6.80. The Morgan fingerprint density at radius 3 is 2.70 bits per heavy atom. The highest BCUT2D eigenvalue weighted by Gasteiger charge is 2.34. The highest BCUT2D eigenvalue weighted by atomic mass is 19.1. The van der Waals surface area contributed by atoms with E-state index in [2.05, 4.69) is 0 Å². The number of halogens is 1. The first kappa shape index (κ1) is 14.5. The van der Waals surface area contributed by atoms with Gasteiger partial charge >= 0.3 is 5.97 Å². The van der Waals surface area contributed by atoms with Gasteiger partial charge in [-0.2, -0.15) is 0 Å². The summed E-state index contributed by atoms with van der Waals surface area (Å²) in [7, 11) is 0. The monoisotopic (exact) mass is 279 g/mol. The first-order chi connectivity index (χ1) is 9.52. The van der Waals surface area contributed by atoms with Gasteiger partial charge in [0.1, 0.15) is 11.9 Å². The molecule has 0 radical (unpaired) electrons. The van der Waals surface area contributed by atoms with Crippen LogP contribution in [-0.4, -0.2) is 34.5 Å². The molecule has 20 heavy (non-hydrogen) atoms. The number of benzene rings is 1. The molecule has 2 rings (SSSR count). The molecule has 1 fully saturated rings. The lowest BCUT2D eigenvalue weighted by Crippen LogP contribution is -2.49. The number of hydrogen-bond donors (Lipinski definition) is 1. The molecule has 0 bridgehead atoms. The second-order valence-electron chi connectivity index (χ2n) is 5.12. The summed E-state index contributed by atoms with van der Waals surface area (Å²) in [5.74, 6) is -2.41. The van der Waals surface area contributed by atoms with Gasteiger partial charge in [0.25, 0.3) is 0 Å². The molecule has 108 valence electrons. The van der Waals surface area contributed by atoms with Crippen LogP contribution in [0.5, 0.6) is 0 Å². The molecule has 0 saturated carbocycles. The van der Waals surface area contributed by atoms with Crippen LogP contribution in [0.25, 0.3) is 0 Å². The molecule has 4 nitrogen and oxygen atoms in total. The van der Waals surface area contributed by atoms with E-state index in [1.54, 1.807) is 25.1 Å². The number of amides is 1. The lowest BCUT2D eigenvalue weighted by atomic mass is 9.95. The minimum Gasteiger partial charge on any atom is -0.480 e. The lowest BCUT2D eigenvalue weighted by Gasteiger charge is -2.34. The standard InChI is InChI=1S/C15H18FNO3/c1-10(11-6-2-3-7-12(11)16)14(18)17-9-5-4-8-13(17)15(19)20/h2-3,6-7,10,13H,4-5,8-9H2,1H3,(H,19,20). The Balaban J connectivity index is 2.21. The fourth-order valence-corrected chi connectivity index (χ4v) is 2.66. The number of aliphatic carboxylic acids is 1. The van der Waals surface area contributed by atoms with E-state index >= 15 is 0 Å². The lowest BCUT2D eigenvalue weighted by molar-refractivity contribution is -0.152. The maximum Gasteiger partial charge on any atom is 0.326 e. The van der Waals surface area contributed by atoms with Crippen molar-refractivity contribution in [2.24, 2.45) is 0 Å². The number of carboxylic acid groups (broad SMARTS) is 1. The van der Waals surface area contributed by atoms with E-state index in [0.29, 0.717) is 18.5 Å². The number of rotatable bonds is 3. The number of hydrogen-bond acceptors (Lipinski definition) is 2. The van der Waals surface area contributed by atoms with E-state index in [4.69, 9.17) is 0 Å². The van der Waals surface area contributed by atoms with Gasteiger partial charge in [-0.3, -0.25) is 4.79 Å². The quantitative estimate of drug-likeness (QED) is 0.924. The molecule has 1 N–H and O–H groups in total. The number of carbonyl (C=O) groups is 2. The minimum absolute atomic E-state index is 0.312. The zero-order valence-electron chi connectivity index (χ0n) is 11.4. The third-order valence-corrected chi connectivity index (χ3v) is 3.81. The Labute approximate surface area is 117 Å². The van der Waals surface area contributed by atoms with Crippen LogP contribution in [-0.2, 0) is 9.59 Å². The number of carboxylic acids is 1. The largest absolute Gasteiger partial charge is 0.480 e. The van der Waals surface area contributed by atoms with Gasteiger partial charge in [0.05, 0.1) is 5.92 Å². The second-order valence-corrected chi connectivity index (χ2v) is 5.12. The molecule has 1 aromatic carbocycles. The molecule has 2 unspecified atom stereocenters. The number of carbonyl (C=O) groups excluding carboxylic acids is 1. The summed E-state index contributed by atoms with van der Waals surface area (Å²) in [6.07, 6.45) is 2.05. The molecule has 1 aliphatic heterocycles. The van der Waals surface area contributed by atoms with Gasteiger partial charge in [0, 0.05) is 6.54 Å². The van der Waals surface area contributed by atoms with Gasteiger partial charge in [0.15, 0.2) is 0 Å². The second kappa shape index (κ2) is 6.03. The van der Waals surface area contributed by atoms with Crippen LogP contribution < -0.4 is 0 Å². The van der Waals surface area contributed by atoms with E-state index in [-0.39, 0.29) is 5.91 Å². The van der Waals surface area contributed by atoms with Gasteiger partial charge in [-0.25, -0.2) is 9.18 Å². The zero-order valence-corrected chi connectivity index (χ0v) is 11.4. The normalized spacial score (nSPS) is 20.5. The van der Waals surface area contributed by atoms with Gasteiger partial charge in [-0.1, -0.05) is 18.2 Å². The zero-order chi connectivity index (χ0) is 14.7. The van der Waals surface area contributed by atoms with Crippen molar-refractivity contribution in [1.29, 1.82) is 0 Å². The highest BCUT2D eigenvalue weighted by molar-refractivity contribution is 5.88. The van der Waals surface area contributed by atoms with E-state index in [1.807, 2.05) is 0 Å². The summed E-state index contributed by atoms with van der Waals surface area (Å²) in [5.41, 5.74) is 0.312. The van der Waals surface area contributed by atoms with Crippen molar-refractivity contribution >= 4 is 11.9 Å². The van der Waals surface area contributed by atoms with Crippen molar-refractivity contribution in [3.8, 4) is 0 Å². The van der Waals surface area contributed by atoms with Gasteiger partial charge in [-0.15, -0.1) is 0 Å². The molecule has 1 saturated heterocycles. The predicted molar refractivity (Wildman–Crippen MR) is 71.8 cm³/mol. The SMILES string of the molecule is CC(C(=O)N1CCCCC1C(=O)O)c1ccccc1F. The summed E-state index contributed by atoms with van der Waals surface area (Å²) >= 11 is 0. The summed E-state index contributed by atoms with van der Waals surface area (Å²) in [6.45, 7) is 2.04. The van der Waals surface area contributed by atoms with Gasteiger partial charge in [-0.05, 0) is 37.8 Å². The topological polar surface area (TPSA) is 57.6 Å². The van der Waals surface area contributed by atoms with Crippen LogP contribution in [0, 0.1) is 5.82 Å². The molecular weight excluding hydrogens is 261 g/mol. The van der Waals surface area contributed by atoms with Crippen LogP contribution >= 0.6 is 0 Å². The average Bonchev–Trinajstić information content (AvgIpc) is 2.46. The molecule has 1 aliphatic rings. The van der Waals surface area contributed by atoms with Crippen LogP contribution in [0.3, 0.4) is 0 Å². The summed E-state index contributed by atoms with van der Waals surface area (Å²) in [6, 6.07) is 5.33. The van der Waals surface area contributed by atoms with Crippen molar-refractivity contribution in [2.75, 3.05) is 6.54 Å². The molecule has 0 aliphatic carbocycles. The maximum absolute atomic E-state index is 13.7. The Hall–Kier alpha value is -1.91. The first-order valence-corrected chi connectivity index (χ1v) is 6.80. The Kier molecular flexibility index (Phi) is 4.37. The van der Waals surface area contributed by atoms with E-state index < -0.39 is 23.7 Å². The fraction of sp³-hybridized carbons (Fsp3) is 0.467. The number of likely N-dealkylation sites (tertiary alicyclic amines) is 1. The van der Waals surface area contributed by atoms with Crippen LogP contribution in [0.15, 0.2) is 24.3 Å². The van der Waals surface area contributed by atoms with Crippen molar-refractivity contribution in [2.45, 2.75) is 38.1 Å². The molecule has 1 amide bonds. The molecule has 0 spiro atoms. The number of piperidine rings is 1. The van der Waals surface area contributed by atoms with Crippen molar-refractivity contribution in [3.05, 3.63) is 35.6 Å². The molecule has 0 aromatic heterocycles. The van der Waals surface area contributed by atoms with Crippen LogP contribution in [0.4, 0.5) is 4.39 Å². The molecule has 1 heterocycles. The highest BCUT2D eigenvalue weighted by Crippen LogP contribution is 2.25. The maximum atomic E-state index is 13.7. The van der Waals surface area contributed by atoms with Crippen LogP contribution in [0.1, 0.15) is 37.7 Å². The molecular formula is C15H18FNO3. The Morgan fingerprint density at radius 1 is 1.35 bits per heavy atom. The summed E-state index contributed by atoms with van der Waals surface area (Å²) in [4.78, 5) is 25.1.